The summed E-state index contributed by atoms with van der Waals surface area (Å²) in [5, 5.41) is 13.7. The fraction of sp³-hybridized carbons (Fsp3) is 0.222. The topological polar surface area (TPSA) is 103 Å². The Hall–Kier alpha value is -3.62. The van der Waals surface area contributed by atoms with E-state index in [1.807, 2.05) is 6.92 Å². The third-order valence-electron chi connectivity index (χ3n) is 3.98. The molecule has 0 fully saturated rings. The first-order valence-corrected chi connectivity index (χ1v) is 8.34. The molecule has 140 valence electrons. The molecule has 0 spiro atoms. The van der Waals surface area contributed by atoms with E-state index in [9.17, 15) is 9.59 Å². The van der Waals surface area contributed by atoms with Crippen LogP contribution >= 0.6 is 0 Å². The van der Waals surface area contributed by atoms with Gasteiger partial charge in [0.1, 0.15) is 17.1 Å². The monoisotopic (exact) mass is 368 g/mol. The normalized spacial score (nSPS) is 10.5. The van der Waals surface area contributed by atoms with Gasteiger partial charge in [0.2, 0.25) is 0 Å². The van der Waals surface area contributed by atoms with Crippen LogP contribution in [0, 0.1) is 0 Å². The Morgan fingerprint density at radius 1 is 1.15 bits per heavy atom. The van der Waals surface area contributed by atoms with Gasteiger partial charge in [0.15, 0.2) is 0 Å². The smallest absolute Gasteiger partial charge is 0.276 e. The number of nitrogens with zero attached hydrogens (tertiary/aromatic N) is 4. The van der Waals surface area contributed by atoms with Gasteiger partial charge in [-0.3, -0.25) is 19.0 Å². The second-order valence-electron chi connectivity index (χ2n) is 5.70. The Labute approximate surface area is 155 Å². The largest absolute Gasteiger partial charge is 0.497 e. The van der Waals surface area contributed by atoms with Crippen LogP contribution < -0.4 is 15.4 Å². The highest BCUT2D eigenvalue weighted by molar-refractivity contribution is 6.11. The molecule has 3 rings (SSSR count). The number of benzene rings is 1. The number of hydrogen-bond donors (Lipinski definition) is 2. The van der Waals surface area contributed by atoms with Gasteiger partial charge in [0, 0.05) is 31.5 Å². The molecule has 3 aromatic rings. The van der Waals surface area contributed by atoms with Crippen LogP contribution in [0.25, 0.3) is 0 Å². The second kappa shape index (κ2) is 7.73. The van der Waals surface area contributed by atoms with Gasteiger partial charge in [-0.1, -0.05) is 6.07 Å². The number of carbonyl (C=O) groups excluding carboxylic acids is 2. The van der Waals surface area contributed by atoms with Gasteiger partial charge in [-0.2, -0.15) is 10.2 Å². The maximum Gasteiger partial charge on any atom is 0.276 e. The molecule has 0 aliphatic carbocycles. The van der Waals surface area contributed by atoms with Crippen LogP contribution in [-0.4, -0.2) is 38.5 Å². The lowest BCUT2D eigenvalue weighted by Gasteiger charge is -2.11. The molecule has 27 heavy (non-hydrogen) atoms. The third-order valence-corrected chi connectivity index (χ3v) is 3.98. The first-order chi connectivity index (χ1) is 13.0. The Morgan fingerprint density at radius 3 is 2.63 bits per heavy atom. The van der Waals surface area contributed by atoms with E-state index in [0.717, 1.165) is 0 Å². The van der Waals surface area contributed by atoms with E-state index in [1.165, 1.54) is 21.8 Å². The zero-order chi connectivity index (χ0) is 19.4. The number of hydrogen-bond acceptors (Lipinski definition) is 5. The van der Waals surface area contributed by atoms with Gasteiger partial charge >= 0.3 is 0 Å². The van der Waals surface area contributed by atoms with Crippen LogP contribution in [0.5, 0.6) is 5.75 Å². The van der Waals surface area contributed by atoms with Crippen LogP contribution in [0.15, 0.2) is 42.7 Å². The molecule has 0 aliphatic heterocycles. The molecule has 0 radical (unpaired) electrons. The lowest BCUT2D eigenvalue weighted by atomic mass is 10.2. The molecule has 2 N–H and O–H groups in total. The lowest BCUT2D eigenvalue weighted by molar-refractivity contribution is 0.101. The fourth-order valence-electron chi connectivity index (χ4n) is 2.63. The Kier molecular flexibility index (Phi) is 5.20. The summed E-state index contributed by atoms with van der Waals surface area (Å²) in [5.41, 5.74) is 1.53. The van der Waals surface area contributed by atoms with Crippen molar-refractivity contribution in [2.24, 2.45) is 7.05 Å². The number of aromatic nitrogens is 4. The molecular weight excluding hydrogens is 348 g/mol. The minimum atomic E-state index is -0.386. The Morgan fingerprint density at radius 2 is 1.96 bits per heavy atom. The van der Waals surface area contributed by atoms with Gasteiger partial charge < -0.3 is 15.4 Å². The number of rotatable bonds is 6. The maximum absolute atomic E-state index is 12.8. The standard InChI is InChI=1S/C18H20N6O3/c1-4-24-16(18(26)21-12-6-5-7-13(10-12)27-3)14(11-20-24)22-17(25)15-8-9-19-23(15)2/h5-11H,4H2,1-3H3,(H,21,26)(H,22,25). The summed E-state index contributed by atoms with van der Waals surface area (Å²) in [6, 6.07) is 8.61. The highest BCUT2D eigenvalue weighted by Gasteiger charge is 2.21. The Balaban J connectivity index is 1.85. The van der Waals surface area contributed by atoms with Crippen LogP contribution in [0.2, 0.25) is 0 Å². The average molecular weight is 368 g/mol. The maximum atomic E-state index is 12.8. The molecule has 0 unspecified atom stereocenters. The van der Waals surface area contributed by atoms with Crippen molar-refractivity contribution in [1.29, 1.82) is 0 Å². The molecule has 9 heteroatoms. The third kappa shape index (κ3) is 3.81. The summed E-state index contributed by atoms with van der Waals surface area (Å²) < 4.78 is 8.14. The van der Waals surface area contributed by atoms with Crippen molar-refractivity contribution in [2.75, 3.05) is 17.7 Å². The highest BCUT2D eigenvalue weighted by Crippen LogP contribution is 2.21. The van der Waals surface area contributed by atoms with Crippen molar-refractivity contribution in [2.45, 2.75) is 13.5 Å². The van der Waals surface area contributed by atoms with E-state index in [2.05, 4.69) is 20.8 Å². The minimum Gasteiger partial charge on any atom is -0.497 e. The highest BCUT2D eigenvalue weighted by atomic mass is 16.5. The zero-order valence-electron chi connectivity index (χ0n) is 15.3. The van der Waals surface area contributed by atoms with E-state index < -0.39 is 0 Å². The minimum absolute atomic E-state index is 0.260. The van der Waals surface area contributed by atoms with Crippen molar-refractivity contribution in [1.82, 2.24) is 19.6 Å². The van der Waals surface area contributed by atoms with E-state index >= 15 is 0 Å². The SMILES string of the molecule is CCn1ncc(NC(=O)c2ccnn2C)c1C(=O)Nc1cccc(OC)c1. The summed E-state index contributed by atoms with van der Waals surface area (Å²) >= 11 is 0. The van der Waals surface area contributed by atoms with Crippen molar-refractivity contribution in [3.05, 3.63) is 54.1 Å². The van der Waals surface area contributed by atoms with Crippen LogP contribution in [0.3, 0.4) is 0 Å². The summed E-state index contributed by atoms with van der Waals surface area (Å²) in [6.07, 6.45) is 2.99. The van der Waals surface area contributed by atoms with E-state index in [-0.39, 0.29) is 17.5 Å². The first kappa shape index (κ1) is 18.2. The lowest BCUT2D eigenvalue weighted by Crippen LogP contribution is -2.22. The fourth-order valence-corrected chi connectivity index (χ4v) is 2.63. The van der Waals surface area contributed by atoms with Crippen molar-refractivity contribution >= 4 is 23.2 Å². The number of nitrogens with one attached hydrogen (secondary N) is 2. The van der Waals surface area contributed by atoms with Gasteiger partial charge in [-0.05, 0) is 25.1 Å². The van der Waals surface area contributed by atoms with Gasteiger partial charge in [-0.25, -0.2) is 0 Å². The molecule has 0 saturated carbocycles. The quantitative estimate of drug-likeness (QED) is 0.694. The summed E-state index contributed by atoms with van der Waals surface area (Å²) in [7, 11) is 3.22. The van der Waals surface area contributed by atoms with E-state index in [4.69, 9.17) is 4.74 Å². The van der Waals surface area contributed by atoms with Gasteiger partial charge in [0.25, 0.3) is 11.8 Å². The Bertz CT molecular complexity index is 975. The van der Waals surface area contributed by atoms with Crippen molar-refractivity contribution in [3.8, 4) is 5.75 Å². The van der Waals surface area contributed by atoms with Crippen molar-refractivity contribution < 1.29 is 14.3 Å². The van der Waals surface area contributed by atoms with E-state index in [0.29, 0.717) is 29.4 Å². The molecule has 0 bridgehead atoms. The predicted molar refractivity (Wildman–Crippen MR) is 100 cm³/mol. The predicted octanol–water partition coefficient (Wildman–Crippen LogP) is 2.15. The number of aryl methyl sites for hydroxylation is 2. The second-order valence-corrected chi connectivity index (χ2v) is 5.70. The number of methoxy groups -OCH3 is 1. The molecule has 2 heterocycles. The zero-order valence-corrected chi connectivity index (χ0v) is 15.3. The molecule has 0 atom stereocenters. The average Bonchev–Trinajstić information content (AvgIpc) is 3.27. The summed E-state index contributed by atoms with van der Waals surface area (Å²) in [6.45, 7) is 2.34. The van der Waals surface area contributed by atoms with Crippen LogP contribution in [0.1, 0.15) is 27.9 Å². The molecule has 0 aliphatic rings. The molecule has 9 nitrogen and oxygen atoms in total. The molecule has 0 saturated heterocycles. The van der Waals surface area contributed by atoms with Gasteiger partial charge in [0.05, 0.1) is 19.0 Å². The van der Waals surface area contributed by atoms with Crippen LogP contribution in [0.4, 0.5) is 11.4 Å². The molecule has 1 aromatic carbocycles. The van der Waals surface area contributed by atoms with Gasteiger partial charge in [-0.15, -0.1) is 0 Å². The summed E-state index contributed by atoms with van der Waals surface area (Å²) in [4.78, 5) is 25.3. The molecule has 2 amide bonds. The summed E-state index contributed by atoms with van der Waals surface area (Å²) in [5.74, 6) is -0.134. The molecular formula is C18H20N6O3. The van der Waals surface area contributed by atoms with Crippen LogP contribution in [-0.2, 0) is 13.6 Å². The van der Waals surface area contributed by atoms with Crippen molar-refractivity contribution in [3.63, 3.8) is 0 Å². The number of carbonyl (C=O) groups is 2. The first-order valence-electron chi connectivity index (χ1n) is 8.34. The van der Waals surface area contributed by atoms with E-state index in [1.54, 1.807) is 44.5 Å². The number of amides is 2. The number of ether oxygens (including phenoxy) is 1. The number of anilines is 2. The molecule has 2 aromatic heterocycles.